The minimum atomic E-state index is -0.139. The fourth-order valence-electron chi connectivity index (χ4n) is 2.68. The van der Waals surface area contributed by atoms with E-state index in [4.69, 9.17) is 17.3 Å². The zero-order chi connectivity index (χ0) is 16.7. The molecule has 118 valence electrons. The fourth-order valence-corrected chi connectivity index (χ4v) is 3.50. The van der Waals surface area contributed by atoms with Crippen molar-refractivity contribution >= 4 is 51.3 Å². The van der Waals surface area contributed by atoms with Crippen LogP contribution in [0.5, 0.6) is 0 Å². The van der Waals surface area contributed by atoms with E-state index in [2.05, 4.69) is 10.3 Å². The predicted molar refractivity (Wildman–Crippen MR) is 99.9 cm³/mol. The average Bonchev–Trinajstić information content (AvgIpc) is 3.12. The third-order valence-electron chi connectivity index (χ3n) is 3.80. The molecule has 3 aromatic rings. The molecule has 0 spiro atoms. The van der Waals surface area contributed by atoms with Crippen molar-refractivity contribution in [1.29, 1.82) is 0 Å². The minimum Gasteiger partial charge on any atom is -0.375 e. The van der Waals surface area contributed by atoms with Crippen LogP contribution in [0.4, 0.5) is 10.8 Å². The lowest BCUT2D eigenvalue weighted by atomic mass is 10.0. The Morgan fingerprint density at radius 1 is 1.17 bits per heavy atom. The van der Waals surface area contributed by atoms with Crippen LogP contribution in [0.3, 0.4) is 0 Å². The largest absolute Gasteiger partial charge is 0.375 e. The van der Waals surface area contributed by atoms with Gasteiger partial charge in [-0.05, 0) is 23.8 Å². The van der Waals surface area contributed by atoms with E-state index in [0.717, 1.165) is 16.7 Å². The first-order valence-corrected chi connectivity index (χ1v) is 8.51. The fraction of sp³-hybridized carbons (Fsp3) is 0. The van der Waals surface area contributed by atoms with Gasteiger partial charge >= 0.3 is 0 Å². The van der Waals surface area contributed by atoms with Crippen LogP contribution in [0.25, 0.3) is 22.9 Å². The van der Waals surface area contributed by atoms with E-state index in [1.807, 2.05) is 47.9 Å². The average molecular weight is 354 g/mol. The summed E-state index contributed by atoms with van der Waals surface area (Å²) < 4.78 is 0. The number of hydrogen-bond donors (Lipinski definition) is 2. The van der Waals surface area contributed by atoms with E-state index >= 15 is 0 Å². The van der Waals surface area contributed by atoms with Gasteiger partial charge in [-0.15, -0.1) is 11.3 Å². The number of nitrogens with one attached hydrogen (secondary N) is 1. The number of fused-ring (bicyclic) bond motifs is 1. The molecule has 2 aromatic carbocycles. The second kappa shape index (κ2) is 5.78. The highest BCUT2D eigenvalue weighted by atomic mass is 35.5. The Labute approximate surface area is 147 Å². The van der Waals surface area contributed by atoms with Gasteiger partial charge in [0.2, 0.25) is 0 Å². The molecule has 6 heteroatoms. The first kappa shape index (κ1) is 14.9. The molecule has 1 amide bonds. The number of amides is 1. The summed E-state index contributed by atoms with van der Waals surface area (Å²) in [6.07, 6.45) is 1.87. The van der Waals surface area contributed by atoms with Gasteiger partial charge in [-0.1, -0.05) is 41.9 Å². The van der Waals surface area contributed by atoms with E-state index < -0.39 is 0 Å². The molecule has 4 rings (SSSR count). The van der Waals surface area contributed by atoms with Crippen LogP contribution >= 0.6 is 22.9 Å². The van der Waals surface area contributed by atoms with E-state index in [-0.39, 0.29) is 5.91 Å². The summed E-state index contributed by atoms with van der Waals surface area (Å²) >= 11 is 7.72. The molecule has 1 aliphatic rings. The number of aromatic nitrogens is 1. The van der Waals surface area contributed by atoms with Crippen molar-refractivity contribution in [3.05, 3.63) is 64.0 Å². The van der Waals surface area contributed by atoms with Crippen molar-refractivity contribution in [2.45, 2.75) is 0 Å². The lowest BCUT2D eigenvalue weighted by molar-refractivity contribution is -0.110. The Balaban J connectivity index is 1.86. The molecule has 0 fully saturated rings. The SMILES string of the molecule is Nc1nc(-c2cc3c(cc2Cl)NC(=O)/C3=C/c2ccccc2)cs1. The molecule has 0 saturated carbocycles. The third kappa shape index (κ3) is 2.58. The molecule has 2 heterocycles. The number of rotatable bonds is 2. The van der Waals surface area contributed by atoms with Crippen LogP contribution in [0.1, 0.15) is 11.1 Å². The highest BCUT2D eigenvalue weighted by Gasteiger charge is 2.26. The van der Waals surface area contributed by atoms with Gasteiger partial charge in [-0.3, -0.25) is 4.79 Å². The number of carbonyl (C=O) groups excluding carboxylic acids is 1. The topological polar surface area (TPSA) is 68.0 Å². The standard InChI is InChI=1S/C18H12ClN3OS/c19-14-8-15-11(7-13(14)16-9-24-18(20)22-16)12(17(23)21-15)6-10-4-2-1-3-5-10/h1-9H,(H2,20,22)(H,21,23)/b12-6+. The lowest BCUT2D eigenvalue weighted by Crippen LogP contribution is -2.03. The molecular weight excluding hydrogens is 342 g/mol. The number of nitrogens with two attached hydrogens (primary N) is 1. The Kier molecular flexibility index (Phi) is 3.59. The van der Waals surface area contributed by atoms with Gasteiger partial charge < -0.3 is 11.1 Å². The summed E-state index contributed by atoms with van der Waals surface area (Å²) in [4.78, 5) is 16.6. The van der Waals surface area contributed by atoms with Crippen molar-refractivity contribution in [1.82, 2.24) is 4.98 Å². The monoisotopic (exact) mass is 353 g/mol. The first-order valence-electron chi connectivity index (χ1n) is 7.25. The number of hydrogen-bond acceptors (Lipinski definition) is 4. The molecule has 24 heavy (non-hydrogen) atoms. The Morgan fingerprint density at radius 2 is 1.96 bits per heavy atom. The van der Waals surface area contributed by atoms with Crippen LogP contribution in [0.15, 0.2) is 47.8 Å². The van der Waals surface area contributed by atoms with Crippen LogP contribution in [-0.2, 0) is 4.79 Å². The van der Waals surface area contributed by atoms with E-state index in [1.165, 1.54) is 11.3 Å². The van der Waals surface area contributed by atoms with Gasteiger partial charge in [-0.25, -0.2) is 4.98 Å². The maximum atomic E-state index is 12.3. The molecule has 0 atom stereocenters. The second-order valence-electron chi connectivity index (χ2n) is 5.37. The van der Waals surface area contributed by atoms with Crippen LogP contribution in [-0.4, -0.2) is 10.9 Å². The number of carbonyl (C=O) groups is 1. The summed E-state index contributed by atoms with van der Waals surface area (Å²) in [7, 11) is 0. The smallest absolute Gasteiger partial charge is 0.256 e. The zero-order valence-corrected chi connectivity index (χ0v) is 14.0. The van der Waals surface area contributed by atoms with Crippen LogP contribution < -0.4 is 11.1 Å². The van der Waals surface area contributed by atoms with Gasteiger partial charge in [0.15, 0.2) is 5.13 Å². The molecule has 0 unspecified atom stereocenters. The molecule has 0 radical (unpaired) electrons. The molecular formula is C18H12ClN3OS. The highest BCUT2D eigenvalue weighted by molar-refractivity contribution is 7.13. The molecule has 1 aliphatic heterocycles. The number of halogens is 1. The number of thiazole rings is 1. The molecule has 0 aliphatic carbocycles. The third-order valence-corrected chi connectivity index (χ3v) is 4.79. The Morgan fingerprint density at radius 3 is 2.67 bits per heavy atom. The second-order valence-corrected chi connectivity index (χ2v) is 6.67. The molecule has 3 N–H and O–H groups in total. The summed E-state index contributed by atoms with van der Waals surface area (Å²) in [6, 6.07) is 13.4. The highest BCUT2D eigenvalue weighted by Crippen LogP contribution is 2.40. The quantitative estimate of drug-likeness (QED) is 0.665. The number of benzene rings is 2. The van der Waals surface area contributed by atoms with E-state index in [1.54, 1.807) is 6.07 Å². The summed E-state index contributed by atoms with van der Waals surface area (Å²) in [6.45, 7) is 0. The maximum absolute atomic E-state index is 12.3. The Hall–Kier alpha value is -2.63. The lowest BCUT2D eigenvalue weighted by Gasteiger charge is -2.05. The molecule has 1 aromatic heterocycles. The van der Waals surface area contributed by atoms with Gasteiger partial charge in [0.25, 0.3) is 5.91 Å². The van der Waals surface area contributed by atoms with Crippen molar-refractivity contribution < 1.29 is 4.79 Å². The number of anilines is 2. The molecule has 0 saturated heterocycles. The maximum Gasteiger partial charge on any atom is 0.256 e. The van der Waals surface area contributed by atoms with Crippen molar-refractivity contribution in [3.63, 3.8) is 0 Å². The molecule has 4 nitrogen and oxygen atoms in total. The summed E-state index contributed by atoms with van der Waals surface area (Å²) in [5.41, 5.74) is 10.3. The summed E-state index contributed by atoms with van der Waals surface area (Å²) in [5, 5.41) is 5.72. The van der Waals surface area contributed by atoms with Gasteiger partial charge in [0.1, 0.15) is 0 Å². The Bertz CT molecular complexity index is 979. The van der Waals surface area contributed by atoms with Crippen molar-refractivity contribution in [3.8, 4) is 11.3 Å². The normalized spacial score (nSPS) is 14.7. The summed E-state index contributed by atoms with van der Waals surface area (Å²) in [5.74, 6) is -0.139. The van der Waals surface area contributed by atoms with E-state index in [0.29, 0.717) is 27.1 Å². The zero-order valence-electron chi connectivity index (χ0n) is 12.4. The molecule has 0 bridgehead atoms. The van der Waals surface area contributed by atoms with Crippen molar-refractivity contribution in [2.24, 2.45) is 0 Å². The van der Waals surface area contributed by atoms with Crippen LogP contribution in [0, 0.1) is 0 Å². The minimum absolute atomic E-state index is 0.139. The van der Waals surface area contributed by atoms with Crippen LogP contribution in [0.2, 0.25) is 5.02 Å². The predicted octanol–water partition coefficient (Wildman–Crippen LogP) is 4.54. The van der Waals surface area contributed by atoms with E-state index in [9.17, 15) is 4.79 Å². The van der Waals surface area contributed by atoms with Gasteiger partial charge in [-0.2, -0.15) is 0 Å². The first-order chi connectivity index (χ1) is 11.6. The van der Waals surface area contributed by atoms with Gasteiger partial charge in [0.05, 0.1) is 16.4 Å². The number of nitrogen functional groups attached to an aromatic ring is 1. The van der Waals surface area contributed by atoms with Gasteiger partial charge in [0, 0.05) is 22.1 Å². The van der Waals surface area contributed by atoms with Crippen molar-refractivity contribution in [2.75, 3.05) is 11.1 Å². The number of nitrogens with zero attached hydrogens (tertiary/aromatic N) is 1.